The zero-order valence-electron chi connectivity index (χ0n) is 7.87. The van der Waals surface area contributed by atoms with Gasteiger partial charge in [0.1, 0.15) is 11.7 Å². The highest BCUT2D eigenvalue weighted by Gasteiger charge is 2.04. The van der Waals surface area contributed by atoms with Gasteiger partial charge in [0.15, 0.2) is 0 Å². The van der Waals surface area contributed by atoms with Crippen LogP contribution in [-0.4, -0.2) is 0 Å². The van der Waals surface area contributed by atoms with E-state index in [1.165, 1.54) is 6.07 Å². The van der Waals surface area contributed by atoms with E-state index in [-0.39, 0.29) is 5.63 Å². The number of halogens is 1. The molecular weight excluding hydrogens is 305 g/mol. The summed E-state index contributed by atoms with van der Waals surface area (Å²) >= 11 is 1.99. The van der Waals surface area contributed by atoms with Crippen LogP contribution in [0.15, 0.2) is 27.4 Å². The zero-order chi connectivity index (χ0) is 11.3. The average molecular weight is 311 g/mol. The van der Waals surface area contributed by atoms with Gasteiger partial charge < -0.3 is 4.42 Å². The van der Waals surface area contributed by atoms with Crippen LogP contribution in [-0.2, 0) is 0 Å². The van der Waals surface area contributed by atoms with Crippen molar-refractivity contribution in [3.05, 3.63) is 34.2 Å². The normalized spacial score (nSPS) is 8.33. The first kappa shape index (κ1) is 11.5. The van der Waals surface area contributed by atoms with Crippen molar-refractivity contribution in [1.82, 2.24) is 0 Å². The SMILES string of the molecule is CC#CI.N#Cc1cc2ccc1oc2=O. The summed E-state index contributed by atoms with van der Waals surface area (Å²) in [5.74, 6) is 2.67. The fourth-order valence-electron chi connectivity index (χ4n) is 0.992. The van der Waals surface area contributed by atoms with Crippen LogP contribution >= 0.6 is 22.6 Å². The molecule has 0 spiro atoms. The maximum Gasteiger partial charge on any atom is 0.343 e. The van der Waals surface area contributed by atoms with Gasteiger partial charge in [-0.2, -0.15) is 5.26 Å². The lowest BCUT2D eigenvalue weighted by Gasteiger charge is -1.96. The van der Waals surface area contributed by atoms with Crippen molar-refractivity contribution in [3.8, 4) is 15.9 Å². The summed E-state index contributed by atoms with van der Waals surface area (Å²) in [5, 5.41) is 8.96. The Balaban J connectivity index is 0.000000245. The first-order valence-electron chi connectivity index (χ1n) is 4.01. The highest BCUT2D eigenvalue weighted by molar-refractivity contribution is 14.1. The second-order valence-electron chi connectivity index (χ2n) is 2.56. The van der Waals surface area contributed by atoms with Gasteiger partial charge in [0.25, 0.3) is 0 Å². The molecule has 74 valence electrons. The third-order valence-electron chi connectivity index (χ3n) is 1.63. The summed E-state index contributed by atoms with van der Waals surface area (Å²) in [6, 6.07) is 6.72. The molecule has 0 atom stereocenters. The second kappa shape index (κ2) is 5.38. The molecule has 4 heteroatoms. The molecule has 0 aliphatic rings. The number of benzene rings is 1. The fraction of sp³-hybridized carbons (Fsp3) is 0.0909. The summed E-state index contributed by atoms with van der Waals surface area (Å²) in [6.45, 7) is 1.81. The Labute approximate surface area is 100 Å². The molecule has 0 unspecified atom stereocenters. The lowest BCUT2D eigenvalue weighted by Crippen LogP contribution is -2.00. The van der Waals surface area contributed by atoms with E-state index in [0.717, 1.165) is 0 Å². The molecule has 2 bridgehead atoms. The van der Waals surface area contributed by atoms with E-state index in [0.29, 0.717) is 16.5 Å². The maximum absolute atomic E-state index is 10.8. The summed E-state index contributed by atoms with van der Waals surface area (Å²) in [5.41, 5.74) is 0.399. The zero-order valence-corrected chi connectivity index (χ0v) is 10.0. The summed E-state index contributed by atoms with van der Waals surface area (Å²) in [7, 11) is 0. The minimum absolute atomic E-state index is 0.354. The minimum atomic E-state index is -0.374. The van der Waals surface area contributed by atoms with Gasteiger partial charge in [-0.1, -0.05) is 5.92 Å². The van der Waals surface area contributed by atoms with Crippen LogP contribution < -0.4 is 5.63 Å². The highest BCUT2D eigenvalue weighted by Crippen LogP contribution is 2.12. The van der Waals surface area contributed by atoms with Crippen molar-refractivity contribution in [2.45, 2.75) is 6.92 Å². The Morgan fingerprint density at radius 2 is 2.13 bits per heavy atom. The van der Waals surface area contributed by atoms with Crippen LogP contribution in [0.5, 0.6) is 0 Å². The largest absolute Gasteiger partial charge is 0.422 e. The van der Waals surface area contributed by atoms with E-state index in [4.69, 9.17) is 9.68 Å². The summed E-state index contributed by atoms with van der Waals surface area (Å²) in [4.78, 5) is 10.8. The van der Waals surface area contributed by atoms with Gasteiger partial charge in [-0.15, -0.1) is 0 Å². The average Bonchev–Trinajstić information content (AvgIpc) is 2.30. The number of fused-ring (bicyclic) bond motifs is 3. The topological polar surface area (TPSA) is 54.0 Å². The van der Waals surface area contributed by atoms with Crippen LogP contribution in [0.1, 0.15) is 12.5 Å². The van der Waals surface area contributed by atoms with Crippen molar-refractivity contribution in [2.24, 2.45) is 0 Å². The number of nitrogens with zero attached hydrogens (tertiary/aromatic N) is 1. The van der Waals surface area contributed by atoms with E-state index in [2.05, 4.69) is 9.85 Å². The third-order valence-corrected chi connectivity index (χ3v) is 2.17. The van der Waals surface area contributed by atoms with E-state index in [9.17, 15) is 4.79 Å². The van der Waals surface area contributed by atoms with Crippen molar-refractivity contribution in [2.75, 3.05) is 0 Å². The molecule has 2 aromatic heterocycles. The van der Waals surface area contributed by atoms with Gasteiger partial charge in [0, 0.05) is 22.6 Å². The van der Waals surface area contributed by atoms with Crippen molar-refractivity contribution >= 4 is 33.6 Å². The summed E-state index contributed by atoms with van der Waals surface area (Å²) < 4.78 is 7.40. The Bertz CT molecular complexity index is 592. The molecule has 0 aliphatic heterocycles. The molecule has 3 nitrogen and oxygen atoms in total. The maximum atomic E-state index is 10.8. The Hall–Kier alpha value is -1.53. The number of rotatable bonds is 0. The van der Waals surface area contributed by atoms with Crippen LogP contribution in [0.25, 0.3) is 11.0 Å². The molecule has 0 radical (unpaired) electrons. The van der Waals surface area contributed by atoms with Gasteiger partial charge in [-0.25, -0.2) is 4.79 Å². The molecule has 0 N–H and O–H groups in total. The molecule has 3 aromatic rings. The quantitative estimate of drug-likeness (QED) is 0.555. The van der Waals surface area contributed by atoms with Gasteiger partial charge >= 0.3 is 5.63 Å². The minimum Gasteiger partial charge on any atom is -0.422 e. The molecule has 2 heterocycles. The van der Waals surface area contributed by atoms with E-state index < -0.39 is 0 Å². The molecule has 3 rings (SSSR count). The van der Waals surface area contributed by atoms with E-state index in [1.807, 2.05) is 35.6 Å². The van der Waals surface area contributed by atoms with E-state index in [1.54, 1.807) is 12.1 Å². The molecule has 0 amide bonds. The van der Waals surface area contributed by atoms with Gasteiger partial charge in [-0.3, -0.25) is 0 Å². The lowest BCUT2D eigenvalue weighted by atomic mass is 10.1. The lowest BCUT2D eigenvalue weighted by molar-refractivity contribution is 0.561. The number of nitriles is 1. The van der Waals surface area contributed by atoms with E-state index >= 15 is 0 Å². The molecule has 15 heavy (non-hydrogen) atoms. The predicted molar refractivity (Wildman–Crippen MR) is 65.9 cm³/mol. The Morgan fingerprint density at radius 3 is 2.47 bits per heavy atom. The molecule has 0 aliphatic carbocycles. The van der Waals surface area contributed by atoms with Crippen LogP contribution in [0, 0.1) is 21.2 Å². The highest BCUT2D eigenvalue weighted by atomic mass is 127. The van der Waals surface area contributed by atoms with Gasteiger partial charge in [0.05, 0.1) is 10.9 Å². The van der Waals surface area contributed by atoms with Crippen LogP contribution in [0.2, 0.25) is 0 Å². The monoisotopic (exact) mass is 311 g/mol. The smallest absolute Gasteiger partial charge is 0.343 e. The van der Waals surface area contributed by atoms with Crippen molar-refractivity contribution in [1.29, 1.82) is 5.26 Å². The van der Waals surface area contributed by atoms with Crippen molar-refractivity contribution < 1.29 is 4.42 Å². The fourth-order valence-corrected chi connectivity index (χ4v) is 0.992. The predicted octanol–water partition coefficient (Wildman–Crippen LogP) is 2.50. The number of hydrogen-bond donors (Lipinski definition) is 0. The molecule has 0 fully saturated rings. The first-order chi connectivity index (χ1) is 7.22. The molecule has 0 saturated heterocycles. The number of hydrogen-bond acceptors (Lipinski definition) is 3. The summed E-state index contributed by atoms with van der Waals surface area (Å²) in [6.07, 6.45) is 0. The molecular formula is C11H6INO2. The van der Waals surface area contributed by atoms with Crippen LogP contribution in [0.3, 0.4) is 0 Å². The first-order valence-corrected chi connectivity index (χ1v) is 5.09. The second-order valence-corrected chi connectivity index (χ2v) is 3.10. The van der Waals surface area contributed by atoms with Crippen LogP contribution in [0.4, 0.5) is 0 Å². The van der Waals surface area contributed by atoms with Gasteiger partial charge in [-0.05, 0) is 29.1 Å². The molecule has 0 saturated carbocycles. The van der Waals surface area contributed by atoms with Crippen molar-refractivity contribution in [3.63, 3.8) is 0 Å². The third kappa shape index (κ3) is 2.71. The standard InChI is InChI=1S/C8H3NO2.C3H3I/c9-4-6-3-5-1-2-7(6)11-8(5)10;1-2-3-4/h1-3H;1H3. The molecule has 1 aromatic carbocycles. The van der Waals surface area contributed by atoms with Gasteiger partial charge in [0.2, 0.25) is 0 Å². The Kier molecular flexibility index (Phi) is 4.14. The Morgan fingerprint density at radius 1 is 1.47 bits per heavy atom.